The Hall–Kier alpha value is -2.38. The first kappa shape index (κ1) is 25.7. The van der Waals surface area contributed by atoms with Crippen molar-refractivity contribution in [2.45, 2.75) is 45.9 Å². The van der Waals surface area contributed by atoms with E-state index in [0.29, 0.717) is 57.7 Å². The summed E-state index contributed by atoms with van der Waals surface area (Å²) in [4.78, 5) is 15.1. The molecular weight excluding hydrogens is 500 g/mol. The average molecular weight is 527 g/mol. The standard InChI is InChI=1S/C26H27Cl2F3N2O2/c1-4-16-7-9-33(10-8-16)25(34)19-5-6-22(27)21(24(19)28)13-17-12-20-15(2)11-18(35-26(29,30)31)14-23(20)32(17)3/h5-6,11-12,14,16H,4,7-10,13H2,1-3H3. The number of hydrogen-bond acceptors (Lipinski definition) is 2. The van der Waals surface area contributed by atoms with Crippen molar-refractivity contribution < 1.29 is 22.7 Å². The number of ether oxygens (including phenoxy) is 1. The van der Waals surface area contributed by atoms with Crippen molar-refractivity contribution in [2.24, 2.45) is 13.0 Å². The van der Waals surface area contributed by atoms with E-state index >= 15 is 0 Å². The lowest BCUT2D eigenvalue weighted by Gasteiger charge is -2.32. The van der Waals surface area contributed by atoms with Crippen molar-refractivity contribution in [1.82, 2.24) is 9.47 Å². The van der Waals surface area contributed by atoms with Gasteiger partial charge in [-0.25, -0.2) is 0 Å². The van der Waals surface area contributed by atoms with Crippen LogP contribution >= 0.6 is 23.2 Å². The number of hydrogen-bond donors (Lipinski definition) is 0. The number of alkyl halides is 3. The smallest absolute Gasteiger partial charge is 0.406 e. The molecular formula is C26H27Cl2F3N2O2. The van der Waals surface area contributed by atoms with Crippen molar-refractivity contribution in [3.8, 4) is 5.75 Å². The minimum absolute atomic E-state index is 0.107. The molecule has 0 saturated carbocycles. The highest BCUT2D eigenvalue weighted by atomic mass is 35.5. The number of fused-ring (bicyclic) bond motifs is 1. The van der Waals surface area contributed by atoms with Gasteiger partial charge in [-0.2, -0.15) is 0 Å². The molecule has 1 fully saturated rings. The molecule has 4 rings (SSSR count). The third-order valence-corrected chi connectivity index (χ3v) is 7.71. The fraction of sp³-hybridized carbons (Fsp3) is 0.423. The lowest BCUT2D eigenvalue weighted by molar-refractivity contribution is -0.274. The number of carbonyl (C=O) groups excluding carboxylic acids is 1. The Bertz CT molecular complexity index is 1260. The maximum atomic E-state index is 13.2. The van der Waals surface area contributed by atoms with E-state index < -0.39 is 6.36 Å². The summed E-state index contributed by atoms with van der Waals surface area (Å²) in [5.74, 6) is 0.266. The van der Waals surface area contributed by atoms with Gasteiger partial charge in [0, 0.05) is 48.7 Å². The second-order valence-electron chi connectivity index (χ2n) is 9.12. The number of halogens is 5. The number of carbonyl (C=O) groups is 1. The van der Waals surface area contributed by atoms with E-state index in [1.807, 2.05) is 11.0 Å². The SMILES string of the molecule is CCC1CCN(C(=O)c2ccc(Cl)c(Cc3cc4c(C)cc(OC(F)(F)F)cc4n3C)c2Cl)CC1. The molecule has 3 aromatic rings. The number of rotatable bonds is 5. The van der Waals surface area contributed by atoms with Crippen molar-refractivity contribution in [3.05, 3.63) is 62.8 Å². The van der Waals surface area contributed by atoms with Gasteiger partial charge in [0.25, 0.3) is 5.91 Å². The van der Waals surface area contributed by atoms with E-state index in [1.54, 1.807) is 30.7 Å². The highest BCUT2D eigenvalue weighted by Gasteiger charge is 2.31. The van der Waals surface area contributed by atoms with Gasteiger partial charge in [-0.05, 0) is 61.1 Å². The summed E-state index contributed by atoms with van der Waals surface area (Å²) in [7, 11) is 1.77. The summed E-state index contributed by atoms with van der Waals surface area (Å²) >= 11 is 13.2. The Labute approximate surface area is 212 Å². The average Bonchev–Trinajstić information content (AvgIpc) is 3.11. The van der Waals surface area contributed by atoms with Gasteiger partial charge in [-0.3, -0.25) is 4.79 Å². The number of piperidine rings is 1. The summed E-state index contributed by atoms with van der Waals surface area (Å²) in [6, 6.07) is 7.97. The molecule has 2 heterocycles. The largest absolute Gasteiger partial charge is 0.573 e. The van der Waals surface area contributed by atoms with Crippen LogP contribution in [-0.2, 0) is 13.5 Å². The molecule has 1 aliphatic rings. The molecule has 1 aromatic heterocycles. The zero-order valence-corrected chi connectivity index (χ0v) is 21.3. The summed E-state index contributed by atoms with van der Waals surface area (Å²) < 4.78 is 44.1. The van der Waals surface area contributed by atoms with Crippen molar-refractivity contribution in [2.75, 3.05) is 13.1 Å². The number of benzene rings is 2. The Morgan fingerprint density at radius 2 is 1.83 bits per heavy atom. The van der Waals surface area contributed by atoms with Crippen LogP contribution in [-0.4, -0.2) is 34.8 Å². The fourth-order valence-electron chi connectivity index (χ4n) is 4.81. The first-order valence-corrected chi connectivity index (χ1v) is 12.3. The minimum Gasteiger partial charge on any atom is -0.406 e. The Morgan fingerprint density at radius 1 is 1.14 bits per heavy atom. The van der Waals surface area contributed by atoms with Gasteiger partial charge < -0.3 is 14.2 Å². The van der Waals surface area contributed by atoms with Gasteiger partial charge in [-0.1, -0.05) is 36.5 Å². The van der Waals surface area contributed by atoms with Crippen LogP contribution in [0.1, 0.15) is 53.4 Å². The van der Waals surface area contributed by atoms with Gasteiger partial charge >= 0.3 is 6.36 Å². The molecule has 0 aliphatic carbocycles. The van der Waals surface area contributed by atoms with Crippen molar-refractivity contribution in [1.29, 1.82) is 0 Å². The lowest BCUT2D eigenvalue weighted by Crippen LogP contribution is -2.38. The van der Waals surface area contributed by atoms with Gasteiger partial charge in [0.15, 0.2) is 0 Å². The molecule has 9 heteroatoms. The Morgan fingerprint density at radius 3 is 2.46 bits per heavy atom. The van der Waals surface area contributed by atoms with Crippen molar-refractivity contribution in [3.63, 3.8) is 0 Å². The van der Waals surface area contributed by atoms with Gasteiger partial charge in [0.2, 0.25) is 0 Å². The zero-order chi connectivity index (χ0) is 25.5. The molecule has 1 aliphatic heterocycles. The predicted octanol–water partition coefficient (Wildman–Crippen LogP) is 7.55. The van der Waals surface area contributed by atoms with Crippen LogP contribution < -0.4 is 4.74 Å². The predicted molar refractivity (Wildman–Crippen MR) is 133 cm³/mol. The summed E-state index contributed by atoms with van der Waals surface area (Å²) in [5, 5.41) is 1.54. The number of amides is 1. The molecule has 4 nitrogen and oxygen atoms in total. The van der Waals surface area contributed by atoms with Crippen LogP contribution in [0.3, 0.4) is 0 Å². The minimum atomic E-state index is -4.77. The van der Waals surface area contributed by atoms with Crippen LogP contribution in [0.2, 0.25) is 10.0 Å². The quantitative estimate of drug-likeness (QED) is 0.344. The van der Waals surface area contributed by atoms with Crippen LogP contribution in [0.25, 0.3) is 10.9 Å². The second-order valence-corrected chi connectivity index (χ2v) is 9.91. The summed E-state index contributed by atoms with van der Waals surface area (Å²) in [5.41, 5.74) is 3.07. The molecule has 1 amide bonds. The molecule has 0 unspecified atom stereocenters. The first-order chi connectivity index (χ1) is 16.5. The molecule has 0 radical (unpaired) electrons. The highest BCUT2D eigenvalue weighted by Crippen LogP contribution is 2.35. The highest BCUT2D eigenvalue weighted by molar-refractivity contribution is 6.38. The van der Waals surface area contributed by atoms with Crippen LogP contribution in [0.15, 0.2) is 30.3 Å². The van der Waals surface area contributed by atoms with E-state index in [1.165, 1.54) is 12.1 Å². The van der Waals surface area contributed by atoms with Gasteiger partial charge in [-0.15, -0.1) is 13.2 Å². The molecule has 188 valence electrons. The van der Waals surface area contributed by atoms with Crippen LogP contribution in [0, 0.1) is 12.8 Å². The Balaban J connectivity index is 1.65. The molecule has 35 heavy (non-hydrogen) atoms. The first-order valence-electron chi connectivity index (χ1n) is 11.6. The van der Waals surface area contributed by atoms with E-state index in [-0.39, 0.29) is 11.7 Å². The monoisotopic (exact) mass is 526 g/mol. The van der Waals surface area contributed by atoms with E-state index in [0.717, 1.165) is 30.3 Å². The fourth-order valence-corrected chi connectivity index (χ4v) is 5.40. The van der Waals surface area contributed by atoms with Crippen molar-refractivity contribution >= 4 is 40.0 Å². The van der Waals surface area contributed by atoms with Gasteiger partial charge in [0.05, 0.1) is 16.1 Å². The molecule has 0 N–H and O–H groups in total. The molecule has 0 bridgehead atoms. The molecule has 1 saturated heterocycles. The number of likely N-dealkylation sites (tertiary alicyclic amines) is 1. The molecule has 0 spiro atoms. The number of aromatic nitrogens is 1. The van der Waals surface area contributed by atoms with E-state index in [9.17, 15) is 18.0 Å². The van der Waals surface area contributed by atoms with Gasteiger partial charge in [0.1, 0.15) is 5.75 Å². The molecule has 2 aromatic carbocycles. The van der Waals surface area contributed by atoms with Crippen LogP contribution in [0.4, 0.5) is 13.2 Å². The van der Waals surface area contributed by atoms with E-state index in [2.05, 4.69) is 11.7 Å². The zero-order valence-electron chi connectivity index (χ0n) is 19.8. The summed E-state index contributed by atoms with van der Waals surface area (Å²) in [6.07, 6.45) is -1.38. The maximum Gasteiger partial charge on any atom is 0.573 e. The molecule has 0 atom stereocenters. The van der Waals surface area contributed by atoms with E-state index in [4.69, 9.17) is 23.2 Å². The number of nitrogens with zero attached hydrogens (tertiary/aromatic N) is 2. The third kappa shape index (κ3) is 5.41. The number of aryl methyl sites for hydroxylation is 2. The lowest BCUT2D eigenvalue weighted by atomic mass is 9.94. The Kier molecular flexibility index (Phi) is 7.30. The third-order valence-electron chi connectivity index (χ3n) is 6.93. The topological polar surface area (TPSA) is 34.5 Å². The summed E-state index contributed by atoms with van der Waals surface area (Å²) in [6.45, 7) is 5.31. The normalized spacial score (nSPS) is 15.1. The van der Waals surface area contributed by atoms with Crippen LogP contribution in [0.5, 0.6) is 5.75 Å². The second kappa shape index (κ2) is 9.94. The maximum absolute atomic E-state index is 13.2.